The highest BCUT2D eigenvalue weighted by Crippen LogP contribution is 2.37. The summed E-state index contributed by atoms with van der Waals surface area (Å²) in [5.41, 5.74) is -0.489. The minimum atomic E-state index is -1.57. The van der Waals surface area contributed by atoms with Crippen molar-refractivity contribution in [2.45, 2.75) is 0 Å². The number of halogens is 4. The van der Waals surface area contributed by atoms with Crippen molar-refractivity contribution in [1.82, 2.24) is 0 Å². The Morgan fingerprint density at radius 1 is 1.14 bits per heavy atom. The first-order valence-corrected chi connectivity index (χ1v) is 9.84. The number of carbonyl (C=O) groups excluding carboxylic acids is 1. The number of benzene rings is 2. The van der Waals surface area contributed by atoms with Crippen molar-refractivity contribution < 1.29 is 32.6 Å². The zero-order valence-electron chi connectivity index (χ0n) is 14.6. The van der Waals surface area contributed by atoms with E-state index in [1.165, 1.54) is 5.38 Å². The van der Waals surface area contributed by atoms with Gasteiger partial charge in [0.25, 0.3) is 5.91 Å². The Kier molecular flexibility index (Phi) is 6.13. The number of aromatic carboxylic acids is 1. The second-order valence-electron chi connectivity index (χ2n) is 5.69. The standard InChI is InChI=1S/C19H11F3INO4S/c1-28-16-14(21)10(6-11(20)15(16)22)18(25)24-12-7-29-17(13(12)19(26)27)8-2-4-9(23)5-3-8/h2-7H,1H3,(H,24,25)(H,26,27). The molecule has 1 heterocycles. The summed E-state index contributed by atoms with van der Waals surface area (Å²) >= 11 is 3.17. The van der Waals surface area contributed by atoms with E-state index in [9.17, 15) is 27.9 Å². The number of thiophene rings is 1. The van der Waals surface area contributed by atoms with E-state index >= 15 is 0 Å². The number of carboxylic acids is 1. The molecule has 0 saturated carbocycles. The van der Waals surface area contributed by atoms with Gasteiger partial charge in [0.05, 0.1) is 23.2 Å². The number of rotatable bonds is 5. The lowest BCUT2D eigenvalue weighted by atomic mass is 10.1. The van der Waals surface area contributed by atoms with E-state index in [4.69, 9.17) is 0 Å². The van der Waals surface area contributed by atoms with Crippen molar-refractivity contribution in [2.24, 2.45) is 0 Å². The van der Waals surface area contributed by atoms with Crippen LogP contribution in [0.1, 0.15) is 20.7 Å². The SMILES string of the molecule is COc1c(F)c(F)cc(C(=O)Nc2csc(-c3ccc(I)cc3)c2C(=O)O)c1F. The number of amides is 1. The van der Waals surface area contributed by atoms with Gasteiger partial charge in [0.15, 0.2) is 17.4 Å². The van der Waals surface area contributed by atoms with Gasteiger partial charge in [-0.15, -0.1) is 11.3 Å². The topological polar surface area (TPSA) is 75.6 Å². The molecule has 1 amide bonds. The predicted octanol–water partition coefficient (Wildman–Crippen LogP) is 5.40. The van der Waals surface area contributed by atoms with E-state index in [-0.39, 0.29) is 11.3 Å². The summed E-state index contributed by atoms with van der Waals surface area (Å²) in [6, 6.07) is 7.43. The van der Waals surface area contributed by atoms with Gasteiger partial charge in [0.1, 0.15) is 5.56 Å². The summed E-state index contributed by atoms with van der Waals surface area (Å²) in [6.07, 6.45) is 0. The Balaban J connectivity index is 2.01. The Bertz CT molecular complexity index is 1120. The first-order valence-electron chi connectivity index (χ1n) is 7.88. The molecule has 0 spiro atoms. The summed E-state index contributed by atoms with van der Waals surface area (Å²) in [4.78, 5) is 24.6. The van der Waals surface area contributed by atoms with Crippen LogP contribution in [0.3, 0.4) is 0 Å². The van der Waals surface area contributed by atoms with E-state index in [2.05, 4.69) is 32.6 Å². The molecule has 2 aromatic carbocycles. The maximum Gasteiger partial charge on any atom is 0.339 e. The molecule has 150 valence electrons. The van der Waals surface area contributed by atoms with Crippen LogP contribution < -0.4 is 10.1 Å². The molecule has 0 radical (unpaired) electrons. The molecule has 2 N–H and O–H groups in total. The molecule has 0 saturated heterocycles. The highest BCUT2D eigenvalue weighted by molar-refractivity contribution is 14.1. The maximum atomic E-state index is 14.3. The number of carboxylic acid groups (broad SMARTS) is 1. The molecule has 0 aliphatic heterocycles. The fourth-order valence-corrected chi connectivity index (χ4v) is 3.95. The third kappa shape index (κ3) is 4.08. The van der Waals surface area contributed by atoms with Crippen LogP contribution in [0.4, 0.5) is 18.9 Å². The fourth-order valence-electron chi connectivity index (χ4n) is 2.59. The van der Waals surface area contributed by atoms with Gasteiger partial charge in [0.2, 0.25) is 5.82 Å². The van der Waals surface area contributed by atoms with E-state index in [0.29, 0.717) is 16.5 Å². The Morgan fingerprint density at radius 2 is 1.79 bits per heavy atom. The lowest BCUT2D eigenvalue weighted by Gasteiger charge is -2.10. The molecule has 0 bridgehead atoms. The summed E-state index contributed by atoms with van der Waals surface area (Å²) in [6.45, 7) is 0. The van der Waals surface area contributed by atoms with Gasteiger partial charge in [-0.1, -0.05) is 12.1 Å². The van der Waals surface area contributed by atoms with Crippen LogP contribution in [0.15, 0.2) is 35.7 Å². The summed E-state index contributed by atoms with van der Waals surface area (Å²) in [5, 5.41) is 13.2. The minimum Gasteiger partial charge on any atom is -0.491 e. The predicted molar refractivity (Wildman–Crippen MR) is 110 cm³/mol. The lowest BCUT2D eigenvalue weighted by Crippen LogP contribution is -2.17. The molecule has 0 atom stereocenters. The number of carbonyl (C=O) groups is 2. The molecule has 29 heavy (non-hydrogen) atoms. The van der Waals surface area contributed by atoms with E-state index in [1.54, 1.807) is 24.3 Å². The molecule has 1 aromatic heterocycles. The second-order valence-corrected chi connectivity index (χ2v) is 7.81. The Hall–Kier alpha value is -2.60. The smallest absolute Gasteiger partial charge is 0.339 e. The van der Waals surface area contributed by atoms with Crippen molar-refractivity contribution in [2.75, 3.05) is 12.4 Å². The molecule has 0 fully saturated rings. The molecular weight excluding hydrogens is 522 g/mol. The van der Waals surface area contributed by atoms with Crippen LogP contribution in [0.25, 0.3) is 10.4 Å². The van der Waals surface area contributed by atoms with Crippen molar-refractivity contribution in [3.63, 3.8) is 0 Å². The van der Waals surface area contributed by atoms with Crippen LogP contribution in [0.5, 0.6) is 5.75 Å². The zero-order valence-corrected chi connectivity index (χ0v) is 17.5. The van der Waals surface area contributed by atoms with E-state index < -0.39 is 40.6 Å². The van der Waals surface area contributed by atoms with Crippen molar-refractivity contribution >= 4 is 51.5 Å². The van der Waals surface area contributed by atoms with Crippen LogP contribution in [0.2, 0.25) is 0 Å². The van der Waals surface area contributed by atoms with Crippen molar-refractivity contribution in [3.8, 4) is 16.2 Å². The Morgan fingerprint density at radius 3 is 2.38 bits per heavy atom. The van der Waals surface area contributed by atoms with Gasteiger partial charge >= 0.3 is 5.97 Å². The molecule has 3 aromatic rings. The number of ether oxygens (including phenoxy) is 1. The first kappa shape index (κ1) is 21.1. The number of nitrogens with one attached hydrogen (secondary N) is 1. The van der Waals surface area contributed by atoms with Crippen LogP contribution in [-0.4, -0.2) is 24.1 Å². The van der Waals surface area contributed by atoms with Crippen LogP contribution >= 0.6 is 33.9 Å². The second kappa shape index (κ2) is 8.41. The molecule has 0 unspecified atom stereocenters. The number of hydrogen-bond acceptors (Lipinski definition) is 4. The van der Waals surface area contributed by atoms with E-state index in [1.807, 2.05) is 0 Å². The van der Waals surface area contributed by atoms with Crippen LogP contribution in [-0.2, 0) is 0 Å². The average molecular weight is 533 g/mol. The normalized spacial score (nSPS) is 10.7. The van der Waals surface area contributed by atoms with Gasteiger partial charge in [-0.25, -0.2) is 13.6 Å². The third-order valence-electron chi connectivity index (χ3n) is 3.92. The molecule has 0 aliphatic carbocycles. The quantitative estimate of drug-likeness (QED) is 0.341. The molecule has 3 rings (SSSR count). The van der Waals surface area contributed by atoms with Crippen molar-refractivity contribution in [1.29, 1.82) is 0 Å². The van der Waals surface area contributed by atoms with Gasteiger partial charge < -0.3 is 15.2 Å². The van der Waals surface area contributed by atoms with Crippen LogP contribution in [0, 0.1) is 21.0 Å². The monoisotopic (exact) mass is 533 g/mol. The Labute approximate surface area is 180 Å². The van der Waals surface area contributed by atoms with Gasteiger partial charge in [0, 0.05) is 8.95 Å². The summed E-state index contributed by atoms with van der Waals surface area (Å²) in [7, 11) is 0.928. The average Bonchev–Trinajstić information content (AvgIpc) is 3.09. The van der Waals surface area contributed by atoms with Crippen molar-refractivity contribution in [3.05, 3.63) is 67.9 Å². The number of anilines is 1. The number of hydrogen-bond donors (Lipinski definition) is 2. The number of methoxy groups -OCH3 is 1. The highest BCUT2D eigenvalue weighted by Gasteiger charge is 2.26. The molecule has 5 nitrogen and oxygen atoms in total. The lowest BCUT2D eigenvalue weighted by molar-refractivity contribution is 0.0699. The highest BCUT2D eigenvalue weighted by atomic mass is 127. The summed E-state index contributed by atoms with van der Waals surface area (Å²) in [5.74, 6) is -7.93. The van der Waals surface area contributed by atoms with Gasteiger partial charge in [-0.2, -0.15) is 4.39 Å². The minimum absolute atomic E-state index is 0.0934. The first-order chi connectivity index (χ1) is 13.7. The zero-order chi connectivity index (χ0) is 21.3. The molecular formula is C19H11F3INO4S. The van der Waals surface area contributed by atoms with E-state index in [0.717, 1.165) is 22.0 Å². The fraction of sp³-hybridized carbons (Fsp3) is 0.0526. The summed E-state index contributed by atoms with van der Waals surface area (Å²) < 4.78 is 47.0. The van der Waals surface area contributed by atoms with Gasteiger partial charge in [-0.3, -0.25) is 4.79 Å². The maximum absolute atomic E-state index is 14.3. The van der Waals surface area contributed by atoms with Gasteiger partial charge in [-0.05, 0) is 46.4 Å². The molecule has 0 aliphatic rings. The largest absolute Gasteiger partial charge is 0.491 e. The molecule has 10 heteroatoms. The third-order valence-corrected chi connectivity index (χ3v) is 5.67.